The summed E-state index contributed by atoms with van der Waals surface area (Å²) in [6.45, 7) is 5.81. The lowest BCUT2D eigenvalue weighted by molar-refractivity contribution is 0.222. The first kappa shape index (κ1) is 21.4. The van der Waals surface area contributed by atoms with Crippen LogP contribution >= 0.6 is 0 Å². The number of halogens is 1. The number of ether oxygens (including phenoxy) is 1. The summed E-state index contributed by atoms with van der Waals surface area (Å²) in [6.07, 6.45) is 0.743. The van der Waals surface area contributed by atoms with Crippen LogP contribution in [0, 0.1) is 12.7 Å². The van der Waals surface area contributed by atoms with Crippen LogP contribution in [0.1, 0.15) is 19.0 Å². The molecule has 0 radical (unpaired) electrons. The number of piperazine rings is 1. The highest BCUT2D eigenvalue weighted by atomic mass is 32.2. The molecule has 10 heteroatoms. The maximum Gasteiger partial charge on any atom is 0.287 e. The lowest BCUT2D eigenvalue weighted by Gasteiger charge is -2.31. The first-order valence-electron chi connectivity index (χ1n) is 9.46. The summed E-state index contributed by atoms with van der Waals surface area (Å²) in [4.78, 5) is 20.5. The van der Waals surface area contributed by atoms with Gasteiger partial charge in [0, 0.05) is 26.2 Å². The van der Waals surface area contributed by atoms with Gasteiger partial charge in [-0.15, -0.1) is 0 Å². The van der Waals surface area contributed by atoms with Crippen molar-refractivity contribution in [1.82, 2.24) is 19.2 Å². The van der Waals surface area contributed by atoms with Gasteiger partial charge in [-0.1, -0.05) is 6.92 Å². The van der Waals surface area contributed by atoms with E-state index in [4.69, 9.17) is 4.74 Å². The lowest BCUT2D eigenvalue weighted by atomic mass is 10.2. The molecular weight excluding hydrogens is 399 g/mol. The van der Waals surface area contributed by atoms with E-state index in [9.17, 15) is 17.6 Å². The molecule has 0 aliphatic carbocycles. The Morgan fingerprint density at radius 2 is 1.93 bits per heavy atom. The quantitative estimate of drug-likeness (QED) is 0.757. The maximum absolute atomic E-state index is 13.7. The molecule has 2 heterocycles. The van der Waals surface area contributed by atoms with Gasteiger partial charge in [-0.05, 0) is 38.6 Å². The summed E-state index contributed by atoms with van der Waals surface area (Å²) in [5, 5.41) is 0. The van der Waals surface area contributed by atoms with E-state index in [2.05, 4.69) is 14.9 Å². The highest BCUT2D eigenvalue weighted by molar-refractivity contribution is 7.89. The Hall–Kier alpha value is -2.30. The van der Waals surface area contributed by atoms with Crippen molar-refractivity contribution >= 4 is 10.0 Å². The molecule has 0 bridgehead atoms. The number of H-pyrrole nitrogens is 1. The molecule has 3 rings (SSSR count). The number of likely N-dealkylation sites (N-methyl/N-ethyl adjacent to an activating group) is 1. The molecule has 0 amide bonds. The predicted molar refractivity (Wildman–Crippen MR) is 107 cm³/mol. The van der Waals surface area contributed by atoms with Gasteiger partial charge >= 0.3 is 0 Å². The van der Waals surface area contributed by atoms with Crippen molar-refractivity contribution in [3.05, 3.63) is 40.1 Å². The fourth-order valence-electron chi connectivity index (χ4n) is 3.07. The number of nitrogens with one attached hydrogen (secondary N) is 1. The zero-order valence-electron chi connectivity index (χ0n) is 16.7. The van der Waals surface area contributed by atoms with Crippen LogP contribution < -0.4 is 10.3 Å². The Balaban J connectivity index is 2.08. The molecule has 0 atom stereocenters. The van der Waals surface area contributed by atoms with Crippen molar-refractivity contribution < 1.29 is 17.5 Å². The number of hydrogen-bond donors (Lipinski definition) is 1. The standard InChI is InChI=1S/C19H25FN4O4S/c1-4-11-28-16-6-5-14(29(26,27)24-9-7-23(3)8-10-24)12-15(16)18-21-13(2)17(20)19(25)22-18/h5-6,12H,4,7-11H2,1-3H3,(H,21,22,25). The normalized spacial score (nSPS) is 16.1. The second kappa shape index (κ2) is 8.60. The molecule has 8 nitrogen and oxygen atoms in total. The Kier molecular flexibility index (Phi) is 6.35. The number of aromatic nitrogens is 2. The topological polar surface area (TPSA) is 95.6 Å². The highest BCUT2D eigenvalue weighted by Gasteiger charge is 2.28. The minimum absolute atomic E-state index is 0.0652. The van der Waals surface area contributed by atoms with Crippen molar-refractivity contribution in [2.75, 3.05) is 39.8 Å². The molecule has 0 saturated carbocycles. The van der Waals surface area contributed by atoms with Crippen LogP contribution in [0.15, 0.2) is 27.9 Å². The molecule has 158 valence electrons. The van der Waals surface area contributed by atoms with Gasteiger partial charge in [-0.3, -0.25) is 4.79 Å². The van der Waals surface area contributed by atoms with Crippen molar-refractivity contribution in [3.63, 3.8) is 0 Å². The van der Waals surface area contributed by atoms with E-state index in [1.807, 2.05) is 14.0 Å². The molecule has 1 N–H and O–H groups in total. The molecule has 2 aromatic rings. The fourth-order valence-corrected chi connectivity index (χ4v) is 4.52. The summed E-state index contributed by atoms with van der Waals surface area (Å²) in [5.41, 5.74) is -0.687. The first-order valence-corrected chi connectivity index (χ1v) is 10.9. The lowest BCUT2D eigenvalue weighted by Crippen LogP contribution is -2.47. The van der Waals surface area contributed by atoms with Crippen LogP contribution in [-0.2, 0) is 10.0 Å². The minimum atomic E-state index is -3.72. The maximum atomic E-state index is 13.7. The van der Waals surface area contributed by atoms with Crippen LogP contribution in [-0.4, -0.2) is 67.4 Å². The molecule has 1 aliphatic heterocycles. The van der Waals surface area contributed by atoms with Crippen LogP contribution in [0.5, 0.6) is 5.75 Å². The SMILES string of the molecule is CCCOc1ccc(S(=O)(=O)N2CCN(C)CC2)cc1-c1nc(C)c(F)c(=O)[nH]1. The van der Waals surface area contributed by atoms with Gasteiger partial charge in [0.05, 0.1) is 22.8 Å². The number of aromatic amines is 1. The van der Waals surface area contributed by atoms with E-state index in [1.54, 1.807) is 6.07 Å². The smallest absolute Gasteiger partial charge is 0.287 e. The average molecular weight is 424 g/mol. The van der Waals surface area contributed by atoms with E-state index in [0.29, 0.717) is 44.1 Å². The zero-order valence-corrected chi connectivity index (χ0v) is 17.6. The number of sulfonamides is 1. The Morgan fingerprint density at radius 3 is 2.55 bits per heavy atom. The monoisotopic (exact) mass is 424 g/mol. The number of rotatable bonds is 6. The fraction of sp³-hybridized carbons (Fsp3) is 0.474. The molecule has 1 fully saturated rings. The van der Waals surface area contributed by atoms with Gasteiger partial charge in [0.1, 0.15) is 11.6 Å². The van der Waals surface area contributed by atoms with Crippen molar-refractivity contribution in [2.45, 2.75) is 25.2 Å². The second-order valence-electron chi connectivity index (χ2n) is 7.03. The molecule has 1 aromatic heterocycles. The summed E-state index contributed by atoms with van der Waals surface area (Å²) in [6, 6.07) is 4.46. The van der Waals surface area contributed by atoms with Crippen molar-refractivity contribution in [1.29, 1.82) is 0 Å². The Morgan fingerprint density at radius 1 is 1.24 bits per heavy atom. The third-order valence-electron chi connectivity index (χ3n) is 4.80. The molecular formula is C19H25FN4O4S. The molecule has 0 spiro atoms. The second-order valence-corrected chi connectivity index (χ2v) is 8.97. The Bertz CT molecular complexity index is 1050. The zero-order chi connectivity index (χ0) is 21.2. The Labute approximate surface area is 169 Å². The number of benzene rings is 1. The van der Waals surface area contributed by atoms with Crippen molar-refractivity contribution in [3.8, 4) is 17.1 Å². The van der Waals surface area contributed by atoms with Crippen LogP contribution in [0.4, 0.5) is 4.39 Å². The number of aryl methyl sites for hydroxylation is 1. The van der Waals surface area contributed by atoms with Gasteiger partial charge < -0.3 is 14.6 Å². The predicted octanol–water partition coefficient (Wildman–Crippen LogP) is 1.61. The summed E-state index contributed by atoms with van der Waals surface area (Å²) >= 11 is 0. The van der Waals surface area contributed by atoms with Crippen LogP contribution in [0.2, 0.25) is 0 Å². The molecule has 1 saturated heterocycles. The van der Waals surface area contributed by atoms with Gasteiger partial charge in [0.2, 0.25) is 15.8 Å². The van der Waals surface area contributed by atoms with Gasteiger partial charge in [-0.25, -0.2) is 13.4 Å². The van der Waals surface area contributed by atoms with Gasteiger partial charge in [0.15, 0.2) is 0 Å². The molecule has 1 aromatic carbocycles. The first-order chi connectivity index (χ1) is 13.7. The van der Waals surface area contributed by atoms with Gasteiger partial charge in [-0.2, -0.15) is 8.70 Å². The van der Waals surface area contributed by atoms with Crippen LogP contribution in [0.25, 0.3) is 11.4 Å². The molecule has 0 unspecified atom stereocenters. The number of hydrogen-bond acceptors (Lipinski definition) is 6. The highest BCUT2D eigenvalue weighted by Crippen LogP contribution is 2.31. The van der Waals surface area contributed by atoms with E-state index >= 15 is 0 Å². The van der Waals surface area contributed by atoms with Crippen LogP contribution in [0.3, 0.4) is 0 Å². The molecule has 29 heavy (non-hydrogen) atoms. The largest absolute Gasteiger partial charge is 0.493 e. The summed E-state index contributed by atoms with van der Waals surface area (Å²) in [7, 11) is -1.78. The van der Waals surface area contributed by atoms with E-state index in [1.165, 1.54) is 23.4 Å². The van der Waals surface area contributed by atoms with Gasteiger partial charge in [0.25, 0.3) is 5.56 Å². The minimum Gasteiger partial charge on any atom is -0.493 e. The van der Waals surface area contributed by atoms with Crippen molar-refractivity contribution in [2.24, 2.45) is 0 Å². The summed E-state index contributed by atoms with van der Waals surface area (Å²) < 4.78 is 47.1. The third-order valence-corrected chi connectivity index (χ3v) is 6.69. The third kappa shape index (κ3) is 4.49. The number of nitrogens with zero attached hydrogens (tertiary/aromatic N) is 3. The van der Waals surface area contributed by atoms with E-state index < -0.39 is 21.4 Å². The summed E-state index contributed by atoms with van der Waals surface area (Å²) in [5.74, 6) is -0.528. The average Bonchev–Trinajstić information content (AvgIpc) is 2.70. The molecule has 1 aliphatic rings. The van der Waals surface area contributed by atoms with E-state index in [0.717, 1.165) is 6.42 Å². The van der Waals surface area contributed by atoms with E-state index in [-0.39, 0.29) is 16.4 Å².